The van der Waals surface area contributed by atoms with Gasteiger partial charge in [-0.3, -0.25) is 9.35 Å². The molecule has 0 amide bonds. The molecule has 0 aliphatic rings. The zero-order valence-electron chi connectivity index (χ0n) is 24.5. The van der Waals surface area contributed by atoms with Crippen molar-refractivity contribution in [1.82, 2.24) is 0 Å². The van der Waals surface area contributed by atoms with E-state index in [1.165, 1.54) is 110 Å². The van der Waals surface area contributed by atoms with Gasteiger partial charge in [0, 0.05) is 6.42 Å². The molecule has 222 valence electrons. The van der Waals surface area contributed by atoms with Gasteiger partial charge >= 0.3 is 11.9 Å². The highest BCUT2D eigenvalue weighted by molar-refractivity contribution is 7.85. The van der Waals surface area contributed by atoms with Gasteiger partial charge in [0.05, 0.1) is 5.75 Å². The van der Waals surface area contributed by atoms with Gasteiger partial charge in [0.1, 0.15) is 6.04 Å². The summed E-state index contributed by atoms with van der Waals surface area (Å²) in [5, 5.41) is 0. The largest absolute Gasteiger partial charge is 0.392 e. The maximum atomic E-state index is 11.7. The van der Waals surface area contributed by atoms with Crippen LogP contribution in [0.25, 0.3) is 0 Å². The number of nitrogens with two attached hydrogens (primary N) is 1. The van der Waals surface area contributed by atoms with Crippen LogP contribution in [0.4, 0.5) is 0 Å². The SMILES string of the molecule is CCCCCCCCCCCCCCCCCCCCCC(=O)OC(=O)[C@@H](N)C(C)C.CCS(=O)(=O)O. The van der Waals surface area contributed by atoms with E-state index in [4.69, 9.17) is 15.0 Å². The van der Waals surface area contributed by atoms with Gasteiger partial charge in [0.15, 0.2) is 0 Å². The van der Waals surface area contributed by atoms with E-state index in [2.05, 4.69) is 6.92 Å². The molecular formula is C29H59NO6S. The average molecular weight is 550 g/mol. The van der Waals surface area contributed by atoms with Crippen LogP contribution in [-0.4, -0.2) is 36.7 Å². The fourth-order valence-electron chi connectivity index (χ4n) is 3.85. The van der Waals surface area contributed by atoms with Crippen molar-refractivity contribution in [2.75, 3.05) is 5.75 Å². The minimum absolute atomic E-state index is 0.0183. The normalized spacial score (nSPS) is 12.2. The molecule has 3 N–H and O–H groups in total. The topological polar surface area (TPSA) is 124 Å². The number of ether oxygens (including phenoxy) is 1. The van der Waals surface area contributed by atoms with Gasteiger partial charge in [-0.15, -0.1) is 0 Å². The number of rotatable bonds is 23. The molecule has 0 aromatic carbocycles. The minimum atomic E-state index is -3.66. The Morgan fingerprint density at radius 1 is 0.676 bits per heavy atom. The van der Waals surface area contributed by atoms with Crippen molar-refractivity contribution in [2.24, 2.45) is 11.7 Å². The van der Waals surface area contributed by atoms with E-state index in [-0.39, 0.29) is 11.7 Å². The van der Waals surface area contributed by atoms with Gasteiger partial charge in [-0.25, -0.2) is 4.79 Å². The van der Waals surface area contributed by atoms with Crippen molar-refractivity contribution in [3.05, 3.63) is 0 Å². The van der Waals surface area contributed by atoms with Crippen LogP contribution in [0, 0.1) is 5.92 Å². The molecule has 0 bridgehead atoms. The van der Waals surface area contributed by atoms with E-state index in [9.17, 15) is 18.0 Å². The predicted molar refractivity (Wildman–Crippen MR) is 154 cm³/mol. The summed E-state index contributed by atoms with van der Waals surface area (Å²) in [6.07, 6.45) is 25.5. The van der Waals surface area contributed by atoms with Crippen LogP contribution in [0.1, 0.15) is 156 Å². The van der Waals surface area contributed by atoms with Gasteiger partial charge in [-0.05, 0) is 19.3 Å². The van der Waals surface area contributed by atoms with Crippen LogP contribution in [0.2, 0.25) is 0 Å². The summed E-state index contributed by atoms with van der Waals surface area (Å²) in [6.45, 7) is 7.33. The van der Waals surface area contributed by atoms with Crippen molar-refractivity contribution in [3.63, 3.8) is 0 Å². The highest BCUT2D eigenvalue weighted by Crippen LogP contribution is 2.15. The Morgan fingerprint density at radius 2 is 0.973 bits per heavy atom. The summed E-state index contributed by atoms with van der Waals surface area (Å²) in [5.74, 6) is -1.26. The third-order valence-electron chi connectivity index (χ3n) is 6.55. The van der Waals surface area contributed by atoms with E-state index in [0.29, 0.717) is 6.42 Å². The number of carbonyl (C=O) groups is 2. The summed E-state index contributed by atoms with van der Waals surface area (Å²) in [5.41, 5.74) is 5.68. The predicted octanol–water partition coefficient (Wildman–Crippen LogP) is 7.76. The molecule has 0 fully saturated rings. The Labute approximate surface area is 228 Å². The number of hydrogen-bond acceptors (Lipinski definition) is 6. The van der Waals surface area contributed by atoms with Crippen molar-refractivity contribution in [2.45, 2.75) is 162 Å². The Kier molecular flexibility index (Phi) is 27.4. The van der Waals surface area contributed by atoms with Crippen LogP contribution in [0.5, 0.6) is 0 Å². The smallest absolute Gasteiger partial charge is 0.330 e. The Hall–Kier alpha value is -0.990. The van der Waals surface area contributed by atoms with Crippen molar-refractivity contribution >= 4 is 22.1 Å². The lowest BCUT2D eigenvalue weighted by Crippen LogP contribution is -2.38. The molecule has 0 heterocycles. The highest BCUT2D eigenvalue weighted by atomic mass is 32.2. The van der Waals surface area contributed by atoms with E-state index >= 15 is 0 Å². The second-order valence-electron chi connectivity index (χ2n) is 10.5. The summed E-state index contributed by atoms with van der Waals surface area (Å²) in [7, 11) is -3.66. The monoisotopic (exact) mass is 549 g/mol. The summed E-state index contributed by atoms with van der Waals surface area (Å²) in [4.78, 5) is 23.3. The Morgan fingerprint density at radius 3 is 1.24 bits per heavy atom. The first-order valence-corrected chi connectivity index (χ1v) is 16.6. The Bertz CT molecular complexity index is 636. The van der Waals surface area contributed by atoms with E-state index in [1.54, 1.807) is 0 Å². The van der Waals surface area contributed by atoms with E-state index < -0.39 is 28.1 Å². The zero-order chi connectivity index (χ0) is 28.4. The molecule has 0 saturated heterocycles. The van der Waals surface area contributed by atoms with Crippen LogP contribution >= 0.6 is 0 Å². The molecule has 0 radical (unpaired) electrons. The fourth-order valence-corrected chi connectivity index (χ4v) is 3.85. The molecule has 0 rings (SSSR count). The molecule has 0 aromatic rings. The van der Waals surface area contributed by atoms with Crippen molar-refractivity contribution < 1.29 is 27.3 Å². The first-order valence-electron chi connectivity index (χ1n) is 15.0. The second-order valence-corrected chi connectivity index (χ2v) is 12.3. The van der Waals surface area contributed by atoms with Gasteiger partial charge in [0.25, 0.3) is 10.1 Å². The number of unbranched alkanes of at least 4 members (excludes halogenated alkanes) is 18. The first kappa shape index (κ1) is 38.2. The molecule has 0 aliphatic heterocycles. The minimum Gasteiger partial charge on any atom is -0.392 e. The first-order chi connectivity index (χ1) is 17.5. The van der Waals surface area contributed by atoms with Crippen LogP contribution in [0.3, 0.4) is 0 Å². The Balaban J connectivity index is 0. The second kappa shape index (κ2) is 26.6. The standard InChI is InChI=1S/C27H53NO3.C2H6O3S/c1-4-5-6-7-8-9-10-11-12-13-14-15-16-17-18-19-20-21-22-23-25(29)31-27(30)26(28)24(2)3;1-2-6(3,4)5/h24,26H,4-23,28H2,1-3H3;2H2,1H3,(H,3,4,5)/t26-;/m0./s1. The maximum absolute atomic E-state index is 11.7. The maximum Gasteiger partial charge on any atom is 0.330 e. The lowest BCUT2D eigenvalue weighted by atomic mass is 10.0. The van der Waals surface area contributed by atoms with Gasteiger partial charge < -0.3 is 10.5 Å². The molecule has 1 atom stereocenters. The molecule has 0 unspecified atom stereocenters. The third kappa shape index (κ3) is 31.1. The van der Waals surface area contributed by atoms with Gasteiger partial charge in [0.2, 0.25) is 0 Å². The lowest BCUT2D eigenvalue weighted by Gasteiger charge is -2.13. The zero-order valence-corrected chi connectivity index (χ0v) is 25.3. The average Bonchev–Trinajstić information content (AvgIpc) is 2.84. The van der Waals surface area contributed by atoms with Gasteiger partial charge in [-0.1, -0.05) is 136 Å². The lowest BCUT2D eigenvalue weighted by molar-refractivity contribution is -0.161. The quantitative estimate of drug-likeness (QED) is 0.0577. The molecule has 0 aliphatic carbocycles. The molecular weight excluding hydrogens is 490 g/mol. The summed E-state index contributed by atoms with van der Waals surface area (Å²) in [6, 6.07) is -0.714. The van der Waals surface area contributed by atoms with Crippen molar-refractivity contribution in [1.29, 1.82) is 0 Å². The highest BCUT2D eigenvalue weighted by Gasteiger charge is 2.21. The molecule has 8 heteroatoms. The summed E-state index contributed by atoms with van der Waals surface area (Å²) >= 11 is 0. The fraction of sp³-hybridized carbons (Fsp3) is 0.931. The van der Waals surface area contributed by atoms with E-state index in [0.717, 1.165) is 19.3 Å². The number of esters is 2. The molecule has 0 saturated carbocycles. The van der Waals surface area contributed by atoms with Crippen molar-refractivity contribution in [3.8, 4) is 0 Å². The molecule has 7 nitrogen and oxygen atoms in total. The van der Waals surface area contributed by atoms with Gasteiger partial charge in [-0.2, -0.15) is 8.42 Å². The van der Waals surface area contributed by atoms with E-state index in [1.807, 2.05) is 13.8 Å². The molecule has 37 heavy (non-hydrogen) atoms. The number of carbonyl (C=O) groups excluding carboxylic acids is 2. The van der Waals surface area contributed by atoms with Crippen LogP contribution < -0.4 is 5.73 Å². The number of hydrogen-bond donors (Lipinski definition) is 2. The molecule has 0 aromatic heterocycles. The third-order valence-corrected chi connectivity index (χ3v) is 7.28. The molecule has 0 spiro atoms. The van der Waals surface area contributed by atoms with Crippen LogP contribution in [0.15, 0.2) is 0 Å². The van der Waals surface area contributed by atoms with Crippen LogP contribution in [-0.2, 0) is 24.4 Å². The summed E-state index contributed by atoms with van der Waals surface area (Å²) < 4.78 is 31.7.